The van der Waals surface area contributed by atoms with Crippen LogP contribution in [0.5, 0.6) is 0 Å². The molecule has 0 bridgehead atoms. The largest absolute Gasteiger partial charge is 0.323 e. The zero-order valence-electron chi connectivity index (χ0n) is 6.12. The van der Waals surface area contributed by atoms with E-state index in [2.05, 4.69) is 5.32 Å². The van der Waals surface area contributed by atoms with E-state index >= 15 is 0 Å². The predicted octanol–water partition coefficient (Wildman–Crippen LogP) is 1.91. The molecule has 1 rings (SSSR count). The number of hydrogen-bond donors (Lipinski definition) is 1. The lowest BCUT2D eigenvalue weighted by atomic mass is 10.0. The molecule has 0 aromatic heterocycles. The van der Waals surface area contributed by atoms with E-state index in [1.165, 1.54) is 6.08 Å². The van der Waals surface area contributed by atoms with Crippen LogP contribution >= 0.6 is 0 Å². The quantitative estimate of drug-likeness (QED) is 0.441. The summed E-state index contributed by atoms with van der Waals surface area (Å²) in [5.41, 5.74) is -0.510. The highest BCUT2D eigenvalue weighted by Crippen LogP contribution is 2.27. The van der Waals surface area contributed by atoms with Crippen molar-refractivity contribution in [3.63, 3.8) is 0 Å². The summed E-state index contributed by atoms with van der Waals surface area (Å²) in [6.07, 6.45) is 3.11. The number of alkyl halides is 2. The summed E-state index contributed by atoms with van der Waals surface area (Å²) >= 11 is 0. The third kappa shape index (κ3) is 1.34. The number of rotatable bonds is 1. The first kappa shape index (κ1) is 7.66. The van der Waals surface area contributed by atoms with Crippen molar-refractivity contribution >= 4 is 0 Å². The monoisotopic (exact) mass is 147 g/mol. The normalized spacial score (nSPS) is 36.8. The second-order valence-corrected chi connectivity index (χ2v) is 2.85. The molecule has 1 nitrogen and oxygen atoms in total. The Morgan fingerprint density at radius 2 is 2.00 bits per heavy atom. The molecule has 1 heterocycles. The summed E-state index contributed by atoms with van der Waals surface area (Å²) in [4.78, 5) is 0. The lowest BCUT2D eigenvalue weighted by molar-refractivity contribution is 0.00870. The molecule has 0 spiro atoms. The first-order valence-corrected chi connectivity index (χ1v) is 3.35. The van der Waals surface area contributed by atoms with Crippen LogP contribution in [0.2, 0.25) is 0 Å². The van der Waals surface area contributed by atoms with Crippen molar-refractivity contribution in [1.82, 2.24) is 5.32 Å². The molecule has 0 fully saturated rings. The van der Waals surface area contributed by atoms with Gasteiger partial charge in [-0.2, -0.15) is 8.78 Å². The summed E-state index contributed by atoms with van der Waals surface area (Å²) in [6.45, 7) is 3.63. The molecule has 1 atom stereocenters. The van der Waals surface area contributed by atoms with Gasteiger partial charge >= 0.3 is 6.05 Å². The SMILES string of the molecule is CCC1(C)C=CC(F)(F)N1. The predicted molar refractivity (Wildman–Crippen MR) is 35.9 cm³/mol. The van der Waals surface area contributed by atoms with Crippen molar-refractivity contribution in [2.75, 3.05) is 0 Å². The summed E-state index contributed by atoms with van der Waals surface area (Å²) < 4.78 is 24.9. The molecule has 0 aliphatic carbocycles. The zero-order chi connectivity index (χ0) is 7.83. The molecule has 0 aromatic rings. The Morgan fingerprint density at radius 3 is 2.20 bits per heavy atom. The highest BCUT2D eigenvalue weighted by atomic mass is 19.3. The van der Waals surface area contributed by atoms with Gasteiger partial charge in [0.15, 0.2) is 0 Å². The van der Waals surface area contributed by atoms with Crippen molar-refractivity contribution < 1.29 is 8.78 Å². The van der Waals surface area contributed by atoms with Crippen LogP contribution < -0.4 is 5.32 Å². The van der Waals surface area contributed by atoms with Crippen LogP contribution in [-0.2, 0) is 0 Å². The molecule has 1 unspecified atom stereocenters. The maximum Gasteiger partial charge on any atom is 0.323 e. The standard InChI is InChI=1S/C7H11F2N/c1-3-6(2)4-5-7(8,9)10-6/h4-5,10H,3H2,1-2H3. The molecule has 10 heavy (non-hydrogen) atoms. The van der Waals surface area contributed by atoms with Gasteiger partial charge in [-0.25, -0.2) is 5.32 Å². The molecule has 0 aromatic carbocycles. The maximum absolute atomic E-state index is 12.4. The number of hydrogen-bond acceptors (Lipinski definition) is 1. The van der Waals surface area contributed by atoms with Crippen LogP contribution in [0.15, 0.2) is 12.2 Å². The lowest BCUT2D eigenvalue weighted by Gasteiger charge is -2.22. The molecule has 0 radical (unpaired) electrons. The Kier molecular flexibility index (Phi) is 1.55. The second-order valence-electron chi connectivity index (χ2n) is 2.85. The third-order valence-corrected chi connectivity index (χ3v) is 1.85. The molecule has 0 saturated heterocycles. The molecular weight excluding hydrogens is 136 g/mol. The fraction of sp³-hybridized carbons (Fsp3) is 0.714. The summed E-state index contributed by atoms with van der Waals surface area (Å²) in [7, 11) is 0. The Morgan fingerprint density at radius 1 is 1.40 bits per heavy atom. The lowest BCUT2D eigenvalue weighted by Crippen LogP contribution is -2.44. The van der Waals surface area contributed by atoms with Crippen molar-refractivity contribution in [3.05, 3.63) is 12.2 Å². The Labute approximate surface area is 59.1 Å². The average Bonchev–Trinajstić information content (AvgIpc) is 2.08. The maximum atomic E-state index is 12.4. The van der Waals surface area contributed by atoms with Crippen molar-refractivity contribution in [3.8, 4) is 0 Å². The molecule has 0 amide bonds. The Hall–Kier alpha value is -0.440. The average molecular weight is 147 g/mol. The van der Waals surface area contributed by atoms with Crippen LogP contribution in [0.4, 0.5) is 8.78 Å². The van der Waals surface area contributed by atoms with Crippen LogP contribution in [0.1, 0.15) is 20.3 Å². The van der Waals surface area contributed by atoms with Gasteiger partial charge in [0.1, 0.15) is 0 Å². The summed E-state index contributed by atoms with van der Waals surface area (Å²) in [5.74, 6) is 0. The van der Waals surface area contributed by atoms with E-state index in [-0.39, 0.29) is 0 Å². The van der Waals surface area contributed by atoms with Gasteiger partial charge in [-0.15, -0.1) is 0 Å². The molecule has 1 aliphatic rings. The topological polar surface area (TPSA) is 12.0 Å². The van der Waals surface area contributed by atoms with E-state index in [4.69, 9.17) is 0 Å². The van der Waals surface area contributed by atoms with Crippen molar-refractivity contribution in [2.45, 2.75) is 31.9 Å². The van der Waals surface area contributed by atoms with E-state index in [0.717, 1.165) is 6.08 Å². The van der Waals surface area contributed by atoms with E-state index in [1.54, 1.807) is 6.92 Å². The highest BCUT2D eigenvalue weighted by molar-refractivity contribution is 5.16. The van der Waals surface area contributed by atoms with E-state index in [0.29, 0.717) is 6.42 Å². The van der Waals surface area contributed by atoms with Crippen molar-refractivity contribution in [1.29, 1.82) is 0 Å². The molecule has 3 heteroatoms. The summed E-state index contributed by atoms with van der Waals surface area (Å²) in [5, 5.41) is 2.21. The van der Waals surface area contributed by atoms with Gasteiger partial charge in [-0.3, -0.25) is 0 Å². The fourth-order valence-electron chi connectivity index (χ4n) is 0.959. The van der Waals surface area contributed by atoms with Gasteiger partial charge in [0, 0.05) is 5.54 Å². The number of nitrogens with one attached hydrogen (secondary N) is 1. The van der Waals surface area contributed by atoms with Gasteiger partial charge in [0.05, 0.1) is 0 Å². The van der Waals surface area contributed by atoms with Gasteiger partial charge in [0.25, 0.3) is 0 Å². The van der Waals surface area contributed by atoms with Gasteiger partial charge in [-0.1, -0.05) is 13.0 Å². The van der Waals surface area contributed by atoms with Gasteiger partial charge in [0.2, 0.25) is 0 Å². The van der Waals surface area contributed by atoms with Crippen molar-refractivity contribution in [2.24, 2.45) is 0 Å². The van der Waals surface area contributed by atoms with E-state index < -0.39 is 11.6 Å². The van der Waals surface area contributed by atoms with E-state index in [1.807, 2.05) is 6.92 Å². The second kappa shape index (κ2) is 2.02. The summed E-state index contributed by atoms with van der Waals surface area (Å²) in [6, 6.07) is -2.80. The van der Waals surface area contributed by atoms with Crippen LogP contribution in [0, 0.1) is 0 Å². The Balaban J connectivity index is 2.69. The van der Waals surface area contributed by atoms with Gasteiger partial charge in [-0.05, 0) is 19.4 Å². The van der Waals surface area contributed by atoms with Crippen LogP contribution in [-0.4, -0.2) is 11.6 Å². The minimum absolute atomic E-state index is 0.510. The number of halogens is 2. The highest BCUT2D eigenvalue weighted by Gasteiger charge is 2.39. The Bertz CT molecular complexity index is 165. The zero-order valence-corrected chi connectivity index (χ0v) is 6.12. The molecule has 58 valence electrons. The fourth-order valence-corrected chi connectivity index (χ4v) is 0.959. The first-order chi connectivity index (χ1) is 4.47. The minimum Gasteiger partial charge on any atom is -0.246 e. The molecule has 1 aliphatic heterocycles. The molecule has 0 saturated carbocycles. The van der Waals surface area contributed by atoms with Crippen LogP contribution in [0.25, 0.3) is 0 Å². The van der Waals surface area contributed by atoms with Crippen LogP contribution in [0.3, 0.4) is 0 Å². The van der Waals surface area contributed by atoms with Gasteiger partial charge < -0.3 is 0 Å². The molecule has 1 N–H and O–H groups in total. The third-order valence-electron chi connectivity index (χ3n) is 1.85. The smallest absolute Gasteiger partial charge is 0.246 e. The molecular formula is C7H11F2N. The van der Waals surface area contributed by atoms with E-state index in [9.17, 15) is 8.78 Å². The first-order valence-electron chi connectivity index (χ1n) is 3.35. The minimum atomic E-state index is -2.80.